The number of ketones is 1. The maximum absolute atomic E-state index is 11.6. The van der Waals surface area contributed by atoms with Crippen molar-refractivity contribution in [1.29, 1.82) is 0 Å². The third kappa shape index (κ3) is 0.763. The van der Waals surface area contributed by atoms with Gasteiger partial charge in [-0.25, -0.2) is 0 Å². The molecule has 3 nitrogen and oxygen atoms in total. The first kappa shape index (κ1) is 7.50. The lowest BCUT2D eigenvalue weighted by atomic mass is 9.99. The molecule has 1 aromatic heterocycles. The van der Waals surface area contributed by atoms with Crippen LogP contribution in [0.3, 0.4) is 0 Å². The Morgan fingerprint density at radius 3 is 3.14 bits per heavy atom. The Morgan fingerprint density at radius 2 is 2.29 bits per heavy atom. The van der Waals surface area contributed by atoms with Gasteiger partial charge in [0.2, 0.25) is 0 Å². The van der Waals surface area contributed by atoms with Crippen molar-refractivity contribution >= 4 is 17.4 Å². The number of aromatic nitrogens is 2. The second-order valence-corrected chi connectivity index (χ2v) is 3.43. The summed E-state index contributed by atoms with van der Waals surface area (Å²) in [7, 11) is 1.88. The molecule has 0 aromatic carbocycles. The molecule has 1 heterocycles. The average molecular weight is 184 g/mol. The molecule has 3 rings (SSSR count). The van der Waals surface area contributed by atoms with Crippen LogP contribution in [0, 0.1) is 0 Å². The molecule has 2 aliphatic rings. The topological polar surface area (TPSA) is 34.9 Å². The Labute approximate surface area is 80.3 Å². The number of allylic oxidation sites excluding steroid dienone is 4. The second-order valence-electron chi connectivity index (χ2n) is 3.43. The van der Waals surface area contributed by atoms with Gasteiger partial charge in [0, 0.05) is 17.8 Å². The molecule has 14 heavy (non-hydrogen) atoms. The van der Waals surface area contributed by atoms with Gasteiger partial charge >= 0.3 is 0 Å². The van der Waals surface area contributed by atoms with Crippen LogP contribution in [-0.2, 0) is 11.8 Å². The van der Waals surface area contributed by atoms with Gasteiger partial charge in [-0.15, -0.1) is 0 Å². The van der Waals surface area contributed by atoms with Crippen LogP contribution in [0.1, 0.15) is 0 Å². The van der Waals surface area contributed by atoms with E-state index in [1.165, 1.54) is 0 Å². The summed E-state index contributed by atoms with van der Waals surface area (Å²) in [6.07, 6.45) is 9.08. The zero-order valence-electron chi connectivity index (χ0n) is 7.69. The molecule has 0 N–H and O–H groups in total. The van der Waals surface area contributed by atoms with Gasteiger partial charge in [-0.1, -0.05) is 12.2 Å². The normalized spacial score (nSPS) is 17.6. The van der Waals surface area contributed by atoms with Crippen molar-refractivity contribution in [3.63, 3.8) is 0 Å². The van der Waals surface area contributed by atoms with Crippen molar-refractivity contribution in [2.75, 3.05) is 0 Å². The van der Waals surface area contributed by atoms with Gasteiger partial charge < -0.3 is 0 Å². The van der Waals surface area contributed by atoms with Gasteiger partial charge in [0.15, 0.2) is 5.78 Å². The third-order valence-electron chi connectivity index (χ3n) is 2.60. The van der Waals surface area contributed by atoms with E-state index in [-0.39, 0.29) is 5.78 Å². The van der Waals surface area contributed by atoms with E-state index in [9.17, 15) is 4.79 Å². The average Bonchev–Trinajstić information content (AvgIpc) is 2.68. The molecular formula is C11H8N2O. The van der Waals surface area contributed by atoms with E-state index in [0.717, 1.165) is 21.7 Å². The molecule has 0 atom stereocenters. The number of hydrogen-bond acceptors (Lipinski definition) is 2. The number of rotatable bonds is 0. The van der Waals surface area contributed by atoms with Crippen molar-refractivity contribution in [3.8, 4) is 0 Å². The molecule has 0 bridgehead atoms. The minimum Gasteiger partial charge on any atom is -0.289 e. The number of fused-ring (bicyclic) bond motifs is 2. The highest BCUT2D eigenvalue weighted by atomic mass is 16.1. The molecule has 0 spiro atoms. The Morgan fingerprint density at radius 1 is 1.43 bits per heavy atom. The molecule has 0 saturated heterocycles. The molecule has 0 amide bonds. The highest BCUT2D eigenvalue weighted by molar-refractivity contribution is 6.29. The monoisotopic (exact) mass is 184 g/mol. The lowest BCUT2D eigenvalue weighted by Crippen LogP contribution is -2.26. The minimum atomic E-state index is 0.0745. The van der Waals surface area contributed by atoms with Crippen LogP contribution < -0.4 is 10.6 Å². The molecule has 0 fully saturated rings. The Kier molecular flexibility index (Phi) is 1.24. The first-order valence-electron chi connectivity index (χ1n) is 4.44. The second kappa shape index (κ2) is 2.32. The fourth-order valence-corrected chi connectivity index (χ4v) is 1.91. The first-order valence-corrected chi connectivity index (χ1v) is 4.44. The predicted octanol–water partition coefficient (Wildman–Crippen LogP) is -0.570. The van der Waals surface area contributed by atoms with Crippen molar-refractivity contribution in [2.45, 2.75) is 0 Å². The highest BCUT2D eigenvalue weighted by Gasteiger charge is 2.20. The van der Waals surface area contributed by atoms with E-state index in [1.54, 1.807) is 23.0 Å². The van der Waals surface area contributed by atoms with Crippen LogP contribution in [-0.4, -0.2) is 15.6 Å². The largest absolute Gasteiger partial charge is 0.289 e. The van der Waals surface area contributed by atoms with Gasteiger partial charge in [0.1, 0.15) is 0 Å². The summed E-state index contributed by atoms with van der Waals surface area (Å²) in [5, 5.41) is 6.09. The van der Waals surface area contributed by atoms with Crippen LogP contribution in [0.2, 0.25) is 0 Å². The molecule has 2 aliphatic carbocycles. The summed E-state index contributed by atoms with van der Waals surface area (Å²) in [4.78, 5) is 11.6. The molecule has 0 saturated carbocycles. The summed E-state index contributed by atoms with van der Waals surface area (Å²) in [6, 6.07) is 0. The summed E-state index contributed by atoms with van der Waals surface area (Å²) in [5.41, 5.74) is 1.79. The zero-order valence-corrected chi connectivity index (χ0v) is 7.69. The number of aryl methyl sites for hydroxylation is 1. The third-order valence-corrected chi connectivity index (χ3v) is 2.60. The fraction of sp³-hybridized carbons (Fsp3) is 0.0909. The summed E-state index contributed by atoms with van der Waals surface area (Å²) >= 11 is 0. The lowest BCUT2D eigenvalue weighted by Gasteiger charge is -2.03. The van der Waals surface area contributed by atoms with E-state index < -0.39 is 0 Å². The standard InChI is InChI=1S/C11H8N2O/c1-13-9-5-7-3-2-4-10(14)11(7)8(9)6-12-13/h2-6H,1H3. The van der Waals surface area contributed by atoms with E-state index in [2.05, 4.69) is 5.10 Å². The highest BCUT2D eigenvalue weighted by Crippen LogP contribution is 2.19. The minimum absolute atomic E-state index is 0.0745. The van der Waals surface area contributed by atoms with Crippen LogP contribution in [0.4, 0.5) is 0 Å². The molecule has 68 valence electrons. The van der Waals surface area contributed by atoms with E-state index in [4.69, 9.17) is 0 Å². The number of carbonyl (C=O) groups excluding carboxylic acids is 1. The summed E-state index contributed by atoms with van der Waals surface area (Å²) in [5.74, 6) is 0.0745. The SMILES string of the molecule is Cn1ncc2c1=CC1=CC=CC(=O)C=21. The van der Waals surface area contributed by atoms with Crippen LogP contribution in [0.15, 0.2) is 30.0 Å². The smallest absolute Gasteiger partial charge is 0.187 e. The number of carbonyl (C=O) groups is 1. The summed E-state index contributed by atoms with van der Waals surface area (Å²) < 4.78 is 1.79. The zero-order chi connectivity index (χ0) is 9.71. The van der Waals surface area contributed by atoms with Crippen molar-refractivity contribution in [2.24, 2.45) is 7.05 Å². The molecule has 0 radical (unpaired) electrons. The van der Waals surface area contributed by atoms with Gasteiger partial charge in [-0.3, -0.25) is 9.48 Å². The molecule has 1 aromatic rings. The van der Waals surface area contributed by atoms with Crippen molar-refractivity contribution in [1.82, 2.24) is 9.78 Å². The van der Waals surface area contributed by atoms with Gasteiger partial charge in [0.05, 0.1) is 11.5 Å². The van der Waals surface area contributed by atoms with Crippen LogP contribution >= 0.6 is 0 Å². The maximum atomic E-state index is 11.6. The van der Waals surface area contributed by atoms with Crippen molar-refractivity contribution < 1.29 is 4.79 Å². The Bertz CT molecular complexity index is 614. The number of hydrogen-bond donors (Lipinski definition) is 0. The lowest BCUT2D eigenvalue weighted by molar-refractivity contribution is -0.109. The maximum Gasteiger partial charge on any atom is 0.187 e. The molecule has 0 unspecified atom stereocenters. The Balaban J connectivity index is 2.51. The predicted molar refractivity (Wildman–Crippen MR) is 52.6 cm³/mol. The van der Waals surface area contributed by atoms with Crippen LogP contribution in [0.5, 0.6) is 0 Å². The van der Waals surface area contributed by atoms with Gasteiger partial charge in [0.25, 0.3) is 0 Å². The fourth-order valence-electron chi connectivity index (χ4n) is 1.91. The number of nitrogens with zero attached hydrogens (tertiary/aromatic N) is 2. The first-order chi connectivity index (χ1) is 6.77. The van der Waals surface area contributed by atoms with E-state index in [1.807, 2.05) is 19.2 Å². The van der Waals surface area contributed by atoms with E-state index in [0.29, 0.717) is 0 Å². The molecule has 3 heteroatoms. The molecular weight excluding hydrogens is 176 g/mol. The molecule has 0 aliphatic heterocycles. The van der Waals surface area contributed by atoms with Gasteiger partial charge in [-0.2, -0.15) is 5.10 Å². The Hall–Kier alpha value is -1.90. The van der Waals surface area contributed by atoms with E-state index >= 15 is 0 Å². The van der Waals surface area contributed by atoms with Crippen LogP contribution in [0.25, 0.3) is 11.6 Å². The quantitative estimate of drug-likeness (QED) is 0.541. The summed E-state index contributed by atoms with van der Waals surface area (Å²) in [6.45, 7) is 0. The van der Waals surface area contributed by atoms with Crippen molar-refractivity contribution in [3.05, 3.63) is 40.6 Å². The van der Waals surface area contributed by atoms with Gasteiger partial charge in [-0.05, 0) is 17.7 Å².